The molecule has 0 N–H and O–H groups in total. The molecule has 4 rings (SSSR count). The lowest BCUT2D eigenvalue weighted by Crippen LogP contribution is -2.51. The second kappa shape index (κ2) is 4.29. The van der Waals surface area contributed by atoms with Gasteiger partial charge in [0, 0.05) is 7.11 Å². The van der Waals surface area contributed by atoms with Crippen LogP contribution in [0.25, 0.3) is 0 Å². The van der Waals surface area contributed by atoms with Crippen molar-refractivity contribution < 1.29 is 14.2 Å². The van der Waals surface area contributed by atoms with Gasteiger partial charge in [0.15, 0.2) is 5.79 Å². The lowest BCUT2D eigenvalue weighted by atomic mass is 9.62. The van der Waals surface area contributed by atoms with Crippen LogP contribution in [0, 0.1) is 28.6 Å². The SMILES string of the molecule is COC[C@]1(C)O[C@@H]2[C@@H]3C[C@@]4(CC2(C)O1)[C@H](C)CC[C@H]4C3(C)C. The Balaban J connectivity index is 1.75. The fraction of sp³-hybridized carbons (Fsp3) is 1.00. The molecular formula is C19H32O3. The largest absolute Gasteiger partial charge is 0.379 e. The molecule has 3 saturated carbocycles. The van der Waals surface area contributed by atoms with Crippen molar-refractivity contribution in [2.75, 3.05) is 13.7 Å². The Morgan fingerprint density at radius 2 is 1.86 bits per heavy atom. The first-order valence-corrected chi connectivity index (χ1v) is 9.04. The summed E-state index contributed by atoms with van der Waals surface area (Å²) in [5.74, 6) is 1.68. The van der Waals surface area contributed by atoms with E-state index >= 15 is 0 Å². The molecule has 1 heterocycles. The third-order valence-electron chi connectivity index (χ3n) is 7.90. The van der Waals surface area contributed by atoms with Crippen LogP contribution in [0.15, 0.2) is 0 Å². The molecule has 4 aliphatic rings. The van der Waals surface area contributed by atoms with E-state index < -0.39 is 5.79 Å². The van der Waals surface area contributed by atoms with E-state index in [1.165, 1.54) is 19.3 Å². The minimum atomic E-state index is -0.581. The van der Waals surface area contributed by atoms with Crippen LogP contribution in [0.4, 0.5) is 0 Å². The van der Waals surface area contributed by atoms with Crippen LogP contribution in [0.5, 0.6) is 0 Å². The predicted molar refractivity (Wildman–Crippen MR) is 85.5 cm³/mol. The lowest BCUT2D eigenvalue weighted by Gasteiger charge is -2.46. The van der Waals surface area contributed by atoms with Crippen LogP contribution in [0.2, 0.25) is 0 Å². The van der Waals surface area contributed by atoms with Gasteiger partial charge in [0.25, 0.3) is 0 Å². The second-order valence-corrected chi connectivity index (χ2v) is 9.59. The zero-order chi connectivity index (χ0) is 16.0. The average molecular weight is 308 g/mol. The number of hydrogen-bond acceptors (Lipinski definition) is 3. The molecule has 0 aromatic carbocycles. The zero-order valence-corrected chi connectivity index (χ0v) is 15.1. The summed E-state index contributed by atoms with van der Waals surface area (Å²) in [7, 11) is 1.73. The van der Waals surface area contributed by atoms with Crippen molar-refractivity contribution in [1.82, 2.24) is 0 Å². The topological polar surface area (TPSA) is 27.7 Å². The molecule has 7 atom stereocenters. The Morgan fingerprint density at radius 3 is 2.55 bits per heavy atom. The van der Waals surface area contributed by atoms with Crippen molar-refractivity contribution >= 4 is 0 Å². The smallest absolute Gasteiger partial charge is 0.190 e. The van der Waals surface area contributed by atoms with Crippen LogP contribution in [0.3, 0.4) is 0 Å². The second-order valence-electron chi connectivity index (χ2n) is 9.59. The van der Waals surface area contributed by atoms with Crippen LogP contribution >= 0.6 is 0 Å². The summed E-state index contributed by atoms with van der Waals surface area (Å²) in [4.78, 5) is 0. The number of rotatable bonds is 2. The maximum absolute atomic E-state index is 6.56. The van der Waals surface area contributed by atoms with Crippen LogP contribution in [-0.4, -0.2) is 31.2 Å². The zero-order valence-electron chi connectivity index (χ0n) is 15.1. The molecule has 3 aliphatic carbocycles. The van der Waals surface area contributed by atoms with Crippen molar-refractivity contribution in [1.29, 1.82) is 0 Å². The fourth-order valence-electron chi connectivity index (χ4n) is 7.18. The maximum Gasteiger partial charge on any atom is 0.190 e. The highest BCUT2D eigenvalue weighted by atomic mass is 16.8. The summed E-state index contributed by atoms with van der Waals surface area (Å²) in [5, 5.41) is 0. The summed E-state index contributed by atoms with van der Waals surface area (Å²) in [5.41, 5.74) is 0.677. The maximum atomic E-state index is 6.56. The van der Waals surface area contributed by atoms with Gasteiger partial charge in [0.2, 0.25) is 0 Å². The van der Waals surface area contributed by atoms with Crippen LogP contribution < -0.4 is 0 Å². The molecule has 1 unspecified atom stereocenters. The molecule has 0 aromatic rings. The summed E-state index contributed by atoms with van der Waals surface area (Å²) < 4.78 is 18.4. The van der Waals surface area contributed by atoms with Gasteiger partial charge < -0.3 is 14.2 Å². The quantitative estimate of drug-likeness (QED) is 0.771. The number of methoxy groups -OCH3 is 1. The Hall–Kier alpha value is -0.120. The standard InChI is InChI=1S/C19H32O3/c1-12-7-8-14-16(2,3)13-9-19(12,14)10-17(4)15(13)21-18(5,22-17)11-20-6/h12-15H,7-11H2,1-6H3/t12-,13+,14+,15-,17?,18-,19-/m1/s1. The molecule has 2 bridgehead atoms. The Labute approximate surface area is 135 Å². The summed E-state index contributed by atoms with van der Waals surface area (Å²) in [6, 6.07) is 0. The third kappa shape index (κ3) is 1.68. The van der Waals surface area contributed by atoms with Gasteiger partial charge in [-0.15, -0.1) is 0 Å². The molecule has 1 saturated heterocycles. The van der Waals surface area contributed by atoms with E-state index in [0.29, 0.717) is 23.4 Å². The van der Waals surface area contributed by atoms with Crippen molar-refractivity contribution in [3.05, 3.63) is 0 Å². The van der Waals surface area contributed by atoms with Crippen LogP contribution in [0.1, 0.15) is 60.3 Å². The third-order valence-corrected chi connectivity index (χ3v) is 7.90. The van der Waals surface area contributed by atoms with Gasteiger partial charge >= 0.3 is 0 Å². The molecule has 3 heteroatoms. The first-order chi connectivity index (χ1) is 10.2. The molecule has 0 aromatic heterocycles. The van der Waals surface area contributed by atoms with Crippen molar-refractivity contribution in [2.45, 2.75) is 77.8 Å². The number of fused-ring (bicyclic) bond motifs is 3. The van der Waals surface area contributed by atoms with E-state index in [9.17, 15) is 0 Å². The van der Waals surface area contributed by atoms with E-state index in [1.54, 1.807) is 7.11 Å². The Bertz CT molecular complexity index is 489. The Kier molecular flexibility index (Phi) is 3.00. The molecule has 4 fully saturated rings. The predicted octanol–water partition coefficient (Wildman–Crippen LogP) is 4.01. The number of ether oxygens (including phenoxy) is 3. The fourth-order valence-corrected chi connectivity index (χ4v) is 7.18. The molecule has 1 spiro atoms. The molecule has 1 aliphatic heterocycles. The van der Waals surface area contributed by atoms with E-state index in [-0.39, 0.29) is 11.7 Å². The minimum absolute atomic E-state index is 0.152. The Morgan fingerprint density at radius 1 is 1.14 bits per heavy atom. The van der Waals surface area contributed by atoms with Crippen molar-refractivity contribution in [3.63, 3.8) is 0 Å². The normalized spacial score (nSPS) is 58.6. The van der Waals surface area contributed by atoms with Gasteiger partial charge in [-0.3, -0.25) is 0 Å². The van der Waals surface area contributed by atoms with Gasteiger partial charge in [-0.1, -0.05) is 20.8 Å². The van der Waals surface area contributed by atoms with E-state index in [1.807, 2.05) is 6.92 Å². The first kappa shape index (κ1) is 15.4. The van der Waals surface area contributed by atoms with Crippen LogP contribution in [-0.2, 0) is 14.2 Å². The van der Waals surface area contributed by atoms with Gasteiger partial charge in [-0.2, -0.15) is 0 Å². The highest BCUT2D eigenvalue weighted by Crippen LogP contribution is 2.74. The molecule has 0 radical (unpaired) electrons. The molecular weight excluding hydrogens is 276 g/mol. The van der Waals surface area contributed by atoms with Gasteiger partial charge in [-0.25, -0.2) is 0 Å². The summed E-state index contributed by atoms with van der Waals surface area (Å²) in [6.45, 7) is 12.3. The van der Waals surface area contributed by atoms with Gasteiger partial charge in [0.1, 0.15) is 6.61 Å². The summed E-state index contributed by atoms with van der Waals surface area (Å²) >= 11 is 0. The number of hydrogen-bond donors (Lipinski definition) is 0. The average Bonchev–Trinajstić information content (AvgIpc) is 2.90. The molecule has 0 amide bonds. The molecule has 3 nitrogen and oxygen atoms in total. The van der Waals surface area contributed by atoms with Crippen molar-refractivity contribution in [2.24, 2.45) is 28.6 Å². The molecule has 22 heavy (non-hydrogen) atoms. The molecule has 126 valence electrons. The van der Waals surface area contributed by atoms with E-state index in [4.69, 9.17) is 14.2 Å². The lowest BCUT2D eigenvalue weighted by molar-refractivity contribution is -0.207. The van der Waals surface area contributed by atoms with Crippen molar-refractivity contribution in [3.8, 4) is 0 Å². The first-order valence-electron chi connectivity index (χ1n) is 9.04. The highest BCUT2D eigenvalue weighted by Gasteiger charge is 2.73. The highest BCUT2D eigenvalue weighted by molar-refractivity contribution is 5.21. The summed E-state index contributed by atoms with van der Waals surface area (Å²) in [6.07, 6.45) is 5.49. The monoisotopic (exact) mass is 308 g/mol. The minimum Gasteiger partial charge on any atom is -0.379 e. The van der Waals surface area contributed by atoms with Gasteiger partial charge in [-0.05, 0) is 68.1 Å². The van der Waals surface area contributed by atoms with E-state index in [0.717, 1.165) is 18.3 Å². The van der Waals surface area contributed by atoms with E-state index in [2.05, 4.69) is 27.7 Å². The van der Waals surface area contributed by atoms with Gasteiger partial charge in [0.05, 0.1) is 11.7 Å².